The summed E-state index contributed by atoms with van der Waals surface area (Å²) >= 11 is 0. The third-order valence-corrected chi connectivity index (χ3v) is 6.03. The molecule has 34 heavy (non-hydrogen) atoms. The Kier molecular flexibility index (Phi) is 11.6. The number of likely N-dealkylation sites (N-methyl/N-ethyl adjacent to an activating group) is 1. The summed E-state index contributed by atoms with van der Waals surface area (Å²) in [5, 5.41) is 5.77. The van der Waals surface area contributed by atoms with Gasteiger partial charge in [0.25, 0.3) is 0 Å². The maximum absolute atomic E-state index is 13.7. The number of hydrogen-bond acceptors (Lipinski definition) is 4. The molecule has 0 fully saturated rings. The molecule has 0 heterocycles. The van der Waals surface area contributed by atoms with Gasteiger partial charge in [0.1, 0.15) is 17.7 Å². The monoisotopic (exact) mass is 475 g/mol. The summed E-state index contributed by atoms with van der Waals surface area (Å²) in [5.74, 6) is -0.685. The minimum Gasteiger partial charge on any atom is -0.444 e. The normalized spacial score (nSPS) is 14.0. The molecule has 1 rings (SSSR count). The fraction of sp³-hybridized carbons (Fsp3) is 0.667. The molecule has 0 aliphatic rings. The molecule has 1 aromatic rings. The average Bonchev–Trinajstić information content (AvgIpc) is 2.74. The zero-order valence-corrected chi connectivity index (χ0v) is 22.6. The van der Waals surface area contributed by atoms with Crippen LogP contribution in [0.5, 0.6) is 0 Å². The van der Waals surface area contributed by atoms with Crippen LogP contribution in [0.2, 0.25) is 0 Å². The number of aryl methyl sites for hydroxylation is 2. The largest absolute Gasteiger partial charge is 0.444 e. The lowest BCUT2D eigenvalue weighted by molar-refractivity contribution is -0.141. The van der Waals surface area contributed by atoms with E-state index in [4.69, 9.17) is 4.74 Å². The van der Waals surface area contributed by atoms with E-state index >= 15 is 0 Å². The summed E-state index contributed by atoms with van der Waals surface area (Å²) in [6.45, 7) is 15.8. The van der Waals surface area contributed by atoms with E-state index in [0.29, 0.717) is 13.0 Å². The maximum atomic E-state index is 13.7. The van der Waals surface area contributed by atoms with Crippen LogP contribution < -0.4 is 10.6 Å². The van der Waals surface area contributed by atoms with E-state index in [-0.39, 0.29) is 17.7 Å². The minimum absolute atomic E-state index is 0.145. The van der Waals surface area contributed by atoms with Gasteiger partial charge in [0.2, 0.25) is 11.8 Å². The number of rotatable bonds is 11. The van der Waals surface area contributed by atoms with E-state index in [1.54, 1.807) is 27.8 Å². The number of nitrogens with zero attached hydrogens (tertiary/aromatic N) is 1. The summed E-state index contributed by atoms with van der Waals surface area (Å²) in [4.78, 5) is 41.1. The molecule has 0 aliphatic carbocycles. The molecule has 0 aliphatic heterocycles. The summed E-state index contributed by atoms with van der Waals surface area (Å²) in [5.41, 5.74) is 2.01. The first-order chi connectivity index (χ1) is 15.8. The summed E-state index contributed by atoms with van der Waals surface area (Å²) in [7, 11) is 1.64. The molecule has 3 amide bonds. The molecule has 0 spiro atoms. The molecule has 192 valence electrons. The van der Waals surface area contributed by atoms with Crippen LogP contribution in [0.25, 0.3) is 0 Å². The predicted octanol–water partition coefficient (Wildman–Crippen LogP) is 5.05. The third-order valence-electron chi connectivity index (χ3n) is 6.03. The Morgan fingerprint density at radius 3 is 2.15 bits per heavy atom. The molecule has 0 bridgehead atoms. The van der Waals surface area contributed by atoms with Crippen LogP contribution in [0.15, 0.2) is 18.2 Å². The van der Waals surface area contributed by atoms with E-state index in [1.165, 1.54) is 4.90 Å². The van der Waals surface area contributed by atoms with Crippen LogP contribution in [-0.2, 0) is 14.3 Å². The van der Waals surface area contributed by atoms with E-state index in [2.05, 4.69) is 17.6 Å². The Balaban J connectivity index is 3.31. The van der Waals surface area contributed by atoms with Crippen LogP contribution in [0, 0.1) is 19.8 Å². The Bertz CT molecular complexity index is 811. The number of carbonyl (C=O) groups is 3. The zero-order chi connectivity index (χ0) is 26.1. The summed E-state index contributed by atoms with van der Waals surface area (Å²) in [6, 6.07) is 4.22. The summed E-state index contributed by atoms with van der Waals surface area (Å²) in [6.07, 6.45) is 3.00. The molecule has 7 nitrogen and oxygen atoms in total. The second-order valence-electron chi connectivity index (χ2n) is 10.2. The molecule has 3 atom stereocenters. The Morgan fingerprint density at radius 2 is 1.65 bits per heavy atom. The van der Waals surface area contributed by atoms with Gasteiger partial charge in [-0.3, -0.25) is 9.59 Å². The topological polar surface area (TPSA) is 87.7 Å². The van der Waals surface area contributed by atoms with E-state index in [9.17, 15) is 14.4 Å². The van der Waals surface area contributed by atoms with E-state index in [0.717, 1.165) is 36.0 Å². The second kappa shape index (κ2) is 13.4. The van der Waals surface area contributed by atoms with Crippen LogP contribution in [0.1, 0.15) is 90.0 Å². The van der Waals surface area contributed by atoms with Crippen LogP contribution in [0.4, 0.5) is 4.79 Å². The van der Waals surface area contributed by atoms with Gasteiger partial charge in [-0.25, -0.2) is 4.79 Å². The van der Waals surface area contributed by atoms with Crippen molar-refractivity contribution in [2.45, 2.75) is 98.8 Å². The lowest BCUT2D eigenvalue weighted by atomic mass is 9.92. The first-order valence-corrected chi connectivity index (χ1v) is 12.4. The fourth-order valence-electron chi connectivity index (χ4n) is 3.91. The Hall–Kier alpha value is -2.57. The van der Waals surface area contributed by atoms with Gasteiger partial charge < -0.3 is 20.3 Å². The highest BCUT2D eigenvalue weighted by molar-refractivity contribution is 5.92. The van der Waals surface area contributed by atoms with Gasteiger partial charge in [-0.15, -0.1) is 0 Å². The van der Waals surface area contributed by atoms with Crippen molar-refractivity contribution < 1.29 is 19.1 Å². The van der Waals surface area contributed by atoms with Crippen LogP contribution in [0.3, 0.4) is 0 Å². The van der Waals surface area contributed by atoms with Crippen LogP contribution in [-0.4, -0.2) is 48.0 Å². The number of nitrogens with one attached hydrogen (secondary N) is 2. The SMILES string of the molecule is CCCCCNC(=O)C(c1c(C)cccc1C)N(C)C(=O)C(NC(=O)OC(C)(C)C)C(C)CC. The van der Waals surface area contributed by atoms with Crippen molar-refractivity contribution in [2.75, 3.05) is 13.6 Å². The van der Waals surface area contributed by atoms with Crippen molar-refractivity contribution in [3.05, 3.63) is 34.9 Å². The minimum atomic E-state index is -0.815. The molecule has 3 unspecified atom stereocenters. The smallest absolute Gasteiger partial charge is 0.408 e. The number of alkyl carbamates (subject to hydrolysis) is 1. The molecular formula is C27H45N3O4. The molecule has 7 heteroatoms. The third kappa shape index (κ3) is 8.65. The molecule has 1 aromatic carbocycles. The fourth-order valence-corrected chi connectivity index (χ4v) is 3.91. The number of unbranched alkanes of at least 4 members (excludes halogenated alkanes) is 2. The Labute approximate surface area is 206 Å². The van der Waals surface area contributed by atoms with Gasteiger partial charge in [-0.2, -0.15) is 0 Å². The number of ether oxygens (including phenoxy) is 1. The maximum Gasteiger partial charge on any atom is 0.408 e. The number of carbonyl (C=O) groups excluding carboxylic acids is 3. The van der Waals surface area contributed by atoms with Gasteiger partial charge in [0, 0.05) is 13.6 Å². The quantitative estimate of drug-likeness (QED) is 0.439. The van der Waals surface area contributed by atoms with Crippen molar-refractivity contribution in [2.24, 2.45) is 5.92 Å². The number of amides is 3. The van der Waals surface area contributed by atoms with E-state index in [1.807, 2.05) is 45.9 Å². The van der Waals surface area contributed by atoms with Crippen LogP contribution >= 0.6 is 0 Å². The first-order valence-electron chi connectivity index (χ1n) is 12.4. The number of hydrogen-bond donors (Lipinski definition) is 2. The zero-order valence-electron chi connectivity index (χ0n) is 22.6. The standard InChI is InChI=1S/C27H45N3O4/c1-10-12-13-17-28-24(31)23(21-19(4)15-14-16-20(21)5)30(9)25(32)22(18(3)11-2)29-26(33)34-27(6,7)8/h14-16,18,22-23H,10-13,17H2,1-9H3,(H,28,31)(H,29,33). The van der Waals surface area contributed by atoms with Gasteiger partial charge >= 0.3 is 6.09 Å². The molecular weight excluding hydrogens is 430 g/mol. The molecule has 0 aromatic heterocycles. The highest BCUT2D eigenvalue weighted by atomic mass is 16.6. The lowest BCUT2D eigenvalue weighted by Gasteiger charge is -2.34. The first kappa shape index (κ1) is 29.5. The van der Waals surface area contributed by atoms with Crippen molar-refractivity contribution >= 4 is 17.9 Å². The van der Waals surface area contributed by atoms with Crippen molar-refractivity contribution in [1.82, 2.24) is 15.5 Å². The highest BCUT2D eigenvalue weighted by Gasteiger charge is 2.37. The van der Waals surface area contributed by atoms with Gasteiger partial charge in [-0.05, 0) is 63.6 Å². The van der Waals surface area contributed by atoms with Gasteiger partial charge in [0.15, 0.2) is 0 Å². The van der Waals surface area contributed by atoms with Crippen molar-refractivity contribution in [1.29, 1.82) is 0 Å². The molecule has 0 saturated carbocycles. The molecule has 0 radical (unpaired) electrons. The predicted molar refractivity (Wildman–Crippen MR) is 137 cm³/mol. The lowest BCUT2D eigenvalue weighted by Crippen LogP contribution is -2.54. The molecule has 0 saturated heterocycles. The van der Waals surface area contributed by atoms with Crippen molar-refractivity contribution in [3.8, 4) is 0 Å². The Morgan fingerprint density at radius 1 is 1.06 bits per heavy atom. The van der Waals surface area contributed by atoms with Gasteiger partial charge in [-0.1, -0.05) is 58.2 Å². The second-order valence-corrected chi connectivity index (χ2v) is 10.2. The van der Waals surface area contributed by atoms with Crippen molar-refractivity contribution in [3.63, 3.8) is 0 Å². The summed E-state index contributed by atoms with van der Waals surface area (Å²) < 4.78 is 5.40. The molecule has 2 N–H and O–H groups in total. The number of benzene rings is 1. The average molecular weight is 476 g/mol. The highest BCUT2D eigenvalue weighted by Crippen LogP contribution is 2.28. The van der Waals surface area contributed by atoms with Gasteiger partial charge in [0.05, 0.1) is 0 Å². The van der Waals surface area contributed by atoms with E-state index < -0.39 is 23.8 Å².